The number of benzene rings is 1. The Morgan fingerprint density at radius 1 is 1.27 bits per heavy atom. The van der Waals surface area contributed by atoms with Crippen molar-refractivity contribution >= 4 is 14.7 Å². The Bertz CT molecular complexity index is 441. The van der Waals surface area contributed by atoms with Crippen molar-refractivity contribution < 1.29 is 18.1 Å². The van der Waals surface area contributed by atoms with Crippen molar-refractivity contribution in [2.24, 2.45) is 0 Å². The van der Waals surface area contributed by atoms with E-state index >= 15 is 0 Å². The average molecular weight is 230 g/mol. The Morgan fingerprint density at radius 2 is 1.73 bits per heavy atom. The summed E-state index contributed by atoms with van der Waals surface area (Å²) in [4.78, 5) is 11.6. The van der Waals surface area contributed by atoms with Gasteiger partial charge in [-0.05, 0) is 6.92 Å². The van der Waals surface area contributed by atoms with Crippen LogP contribution in [0.5, 0.6) is 0 Å². The quantitative estimate of drug-likeness (QED) is 0.814. The minimum atomic E-state index is -5.14. The molecule has 1 aromatic rings. The van der Waals surface area contributed by atoms with Crippen LogP contribution >= 0.6 is 0 Å². The van der Waals surface area contributed by atoms with Gasteiger partial charge in [0.2, 0.25) is 0 Å². The number of carbonyl (C=O) groups excluding carboxylic acids is 1. The van der Waals surface area contributed by atoms with E-state index in [1.165, 1.54) is 19.1 Å². The maximum absolute atomic E-state index is 11.6. The molecule has 0 radical (unpaired) electrons. The van der Waals surface area contributed by atoms with Gasteiger partial charge in [-0.3, -0.25) is 4.79 Å². The highest BCUT2D eigenvalue weighted by molar-refractivity contribution is 8.23. The Hall–Kier alpha value is -1.04. The molecule has 0 fully saturated rings. The lowest BCUT2D eigenvalue weighted by molar-refractivity contribution is 0.104. The highest BCUT2D eigenvalue weighted by Crippen LogP contribution is 2.22. The lowest BCUT2D eigenvalue weighted by Crippen LogP contribution is -2.42. The summed E-state index contributed by atoms with van der Waals surface area (Å²) in [7, 11) is -5.14. The molecule has 0 aliphatic rings. The molecule has 4 nitrogen and oxygen atoms in total. The van der Waals surface area contributed by atoms with Gasteiger partial charge < -0.3 is 9.11 Å². The average Bonchev–Trinajstić information content (AvgIpc) is 2.18. The zero-order valence-electron chi connectivity index (χ0n) is 8.64. The number of carbonyl (C=O) groups is 1. The SMILES string of the molecule is CCS(=O)(O)(O)C(=O)c1ccc(C)cc1. The third-order valence-corrected chi connectivity index (χ3v) is 4.20. The first kappa shape index (κ1) is 12.0. The van der Waals surface area contributed by atoms with Crippen molar-refractivity contribution in [1.29, 1.82) is 0 Å². The van der Waals surface area contributed by atoms with Crippen molar-refractivity contribution in [2.45, 2.75) is 13.8 Å². The second kappa shape index (κ2) is 3.52. The van der Waals surface area contributed by atoms with Crippen LogP contribution in [0.4, 0.5) is 0 Å². The summed E-state index contributed by atoms with van der Waals surface area (Å²) in [6.45, 7) is 3.13. The Balaban J connectivity index is 3.17. The molecule has 0 aromatic heterocycles. The third kappa shape index (κ3) is 2.50. The molecule has 5 heteroatoms. The fraction of sp³-hybridized carbons (Fsp3) is 0.300. The first-order valence-electron chi connectivity index (χ1n) is 4.51. The standard InChI is InChI=1S/C10H14O4S/c1-3-15(12,13,14)10(11)9-6-4-8(2)5-7-9/h4-7H,3H2,1-2H3,(H2,12,13,14). The zero-order chi connectivity index (χ0) is 11.7. The van der Waals surface area contributed by atoms with Crippen LogP contribution in [0, 0.1) is 6.92 Å². The van der Waals surface area contributed by atoms with E-state index in [0.29, 0.717) is 0 Å². The number of hydrogen-bond donors (Lipinski definition) is 2. The van der Waals surface area contributed by atoms with Gasteiger partial charge in [0.15, 0.2) is 0 Å². The number of hydrogen-bond acceptors (Lipinski definition) is 2. The molecule has 0 saturated heterocycles. The van der Waals surface area contributed by atoms with Crippen LogP contribution in [0.3, 0.4) is 0 Å². The zero-order valence-corrected chi connectivity index (χ0v) is 9.45. The minimum Gasteiger partial charge on any atom is -0.302 e. The second-order valence-corrected chi connectivity index (χ2v) is 6.44. The van der Waals surface area contributed by atoms with Gasteiger partial charge in [-0.2, -0.15) is 0 Å². The molecular weight excluding hydrogens is 216 g/mol. The first-order chi connectivity index (χ1) is 6.74. The van der Waals surface area contributed by atoms with Crippen LogP contribution < -0.4 is 0 Å². The number of aryl methyl sites for hydroxylation is 1. The van der Waals surface area contributed by atoms with Gasteiger partial charge in [0.05, 0.1) is 5.75 Å². The van der Waals surface area contributed by atoms with Crippen LogP contribution in [-0.4, -0.2) is 24.2 Å². The molecule has 1 aromatic carbocycles. The van der Waals surface area contributed by atoms with Crippen LogP contribution in [0.2, 0.25) is 0 Å². The van der Waals surface area contributed by atoms with E-state index in [9.17, 15) is 18.1 Å². The molecule has 1 rings (SSSR count). The fourth-order valence-electron chi connectivity index (χ4n) is 1.06. The van der Waals surface area contributed by atoms with Crippen molar-refractivity contribution in [3.05, 3.63) is 35.4 Å². The van der Waals surface area contributed by atoms with Gasteiger partial charge in [-0.1, -0.05) is 36.8 Å². The van der Waals surface area contributed by atoms with Gasteiger partial charge in [0.1, 0.15) is 9.63 Å². The van der Waals surface area contributed by atoms with Gasteiger partial charge in [-0.15, -0.1) is 0 Å². The van der Waals surface area contributed by atoms with Crippen LogP contribution in [0.25, 0.3) is 0 Å². The van der Waals surface area contributed by atoms with E-state index in [4.69, 9.17) is 0 Å². The summed E-state index contributed by atoms with van der Waals surface area (Å²) >= 11 is 0. The summed E-state index contributed by atoms with van der Waals surface area (Å²) in [5, 5.41) is -1.12. The minimum absolute atomic E-state index is 0.0458. The molecule has 0 atom stereocenters. The summed E-state index contributed by atoms with van der Waals surface area (Å²) < 4.78 is 30.2. The van der Waals surface area contributed by atoms with E-state index < -0.39 is 20.5 Å². The molecule has 0 unspecified atom stereocenters. The molecule has 84 valence electrons. The molecule has 2 N–H and O–H groups in total. The molecule has 0 heterocycles. The lowest BCUT2D eigenvalue weighted by atomic mass is 10.2. The third-order valence-electron chi connectivity index (χ3n) is 2.18. The first-order valence-corrected chi connectivity index (χ1v) is 6.56. The highest BCUT2D eigenvalue weighted by Gasteiger charge is 2.38. The summed E-state index contributed by atoms with van der Waals surface area (Å²) in [5.74, 6) is -0.496. The summed E-state index contributed by atoms with van der Waals surface area (Å²) in [6, 6.07) is 6.14. The van der Waals surface area contributed by atoms with E-state index in [1.807, 2.05) is 6.92 Å². The Morgan fingerprint density at radius 3 is 2.13 bits per heavy atom. The van der Waals surface area contributed by atoms with Crippen molar-refractivity contribution in [2.75, 3.05) is 5.75 Å². The predicted molar refractivity (Wildman–Crippen MR) is 59.5 cm³/mol. The van der Waals surface area contributed by atoms with Gasteiger partial charge in [-0.25, -0.2) is 4.21 Å². The normalized spacial score (nSPS) is 14.3. The molecule has 0 saturated carbocycles. The Labute approximate surface area is 88.4 Å². The van der Waals surface area contributed by atoms with E-state index in [0.717, 1.165) is 5.56 Å². The predicted octanol–water partition coefficient (Wildman–Crippen LogP) is 1.92. The van der Waals surface area contributed by atoms with Crippen molar-refractivity contribution in [3.8, 4) is 0 Å². The molecule has 0 aliphatic heterocycles. The second-order valence-electron chi connectivity index (χ2n) is 3.46. The molecule has 0 spiro atoms. The van der Waals surface area contributed by atoms with Crippen LogP contribution in [-0.2, 0) is 9.63 Å². The highest BCUT2D eigenvalue weighted by atomic mass is 32.3. The number of rotatable bonds is 2. The molecule has 0 amide bonds. The summed E-state index contributed by atoms with van der Waals surface area (Å²) in [6.07, 6.45) is 0. The van der Waals surface area contributed by atoms with E-state index in [2.05, 4.69) is 0 Å². The van der Waals surface area contributed by atoms with Gasteiger partial charge in [0, 0.05) is 5.56 Å². The van der Waals surface area contributed by atoms with E-state index in [1.54, 1.807) is 12.1 Å². The summed E-state index contributed by atoms with van der Waals surface area (Å²) in [5.41, 5.74) is 0.979. The molecular formula is C10H14O4S. The van der Waals surface area contributed by atoms with Gasteiger partial charge in [0.25, 0.3) is 5.12 Å². The lowest BCUT2D eigenvalue weighted by Gasteiger charge is -2.26. The Kier molecular flexibility index (Phi) is 2.82. The van der Waals surface area contributed by atoms with Crippen LogP contribution in [0.15, 0.2) is 24.3 Å². The van der Waals surface area contributed by atoms with E-state index in [-0.39, 0.29) is 5.56 Å². The molecule has 0 aliphatic carbocycles. The van der Waals surface area contributed by atoms with Gasteiger partial charge >= 0.3 is 0 Å². The smallest absolute Gasteiger partial charge is 0.273 e. The topological polar surface area (TPSA) is 74.6 Å². The molecule has 0 bridgehead atoms. The fourth-order valence-corrected chi connectivity index (χ4v) is 1.93. The van der Waals surface area contributed by atoms with Crippen LogP contribution in [0.1, 0.15) is 22.8 Å². The van der Waals surface area contributed by atoms with Crippen molar-refractivity contribution in [1.82, 2.24) is 0 Å². The largest absolute Gasteiger partial charge is 0.302 e. The maximum Gasteiger partial charge on any atom is 0.273 e. The van der Waals surface area contributed by atoms with Crippen molar-refractivity contribution in [3.63, 3.8) is 0 Å². The maximum atomic E-state index is 11.6. The molecule has 15 heavy (non-hydrogen) atoms. The monoisotopic (exact) mass is 230 g/mol.